The summed E-state index contributed by atoms with van der Waals surface area (Å²) < 4.78 is 27.9. The maximum absolute atomic E-state index is 11.1. The van der Waals surface area contributed by atoms with E-state index in [0.717, 1.165) is 19.5 Å². The fraction of sp³-hybridized carbons (Fsp3) is 1.00. The molecule has 0 bridgehead atoms. The molecule has 13 heavy (non-hydrogen) atoms. The fourth-order valence-electron chi connectivity index (χ4n) is 1.88. The molecule has 2 saturated heterocycles. The summed E-state index contributed by atoms with van der Waals surface area (Å²) in [6, 6.07) is 0. The van der Waals surface area contributed by atoms with Gasteiger partial charge in [-0.2, -0.15) is 0 Å². The van der Waals surface area contributed by atoms with E-state index in [4.69, 9.17) is 4.74 Å². The van der Waals surface area contributed by atoms with Gasteiger partial charge in [0.1, 0.15) is 0 Å². The summed E-state index contributed by atoms with van der Waals surface area (Å²) in [5.41, 5.74) is 0. The van der Waals surface area contributed by atoms with Crippen LogP contribution in [-0.4, -0.2) is 45.2 Å². The zero-order chi connectivity index (χ0) is 9.31. The second kappa shape index (κ2) is 3.55. The number of ether oxygens (including phenoxy) is 1. The van der Waals surface area contributed by atoms with Crippen LogP contribution >= 0.6 is 0 Å². The summed E-state index contributed by atoms with van der Waals surface area (Å²) in [7, 11) is -2.78. The molecular weight excluding hydrogens is 190 g/mol. The molecular formula is C8H15NO3S. The standard InChI is InChI=1S/C8H15NO3S/c10-13(11)4-2-8(6-13)12-7-1-3-9-5-7/h7-9H,1-6H2. The van der Waals surface area contributed by atoms with Crippen LogP contribution in [-0.2, 0) is 14.6 Å². The number of rotatable bonds is 2. The Hall–Kier alpha value is -0.130. The smallest absolute Gasteiger partial charge is 0.152 e. The second-order valence-electron chi connectivity index (χ2n) is 3.78. The SMILES string of the molecule is O=S1(=O)CCC(OC2CCNC2)C1. The van der Waals surface area contributed by atoms with Gasteiger partial charge in [0, 0.05) is 6.54 Å². The lowest BCUT2D eigenvalue weighted by Gasteiger charge is -2.15. The van der Waals surface area contributed by atoms with Gasteiger partial charge in [-0.15, -0.1) is 0 Å². The summed E-state index contributed by atoms with van der Waals surface area (Å²) in [4.78, 5) is 0. The summed E-state index contributed by atoms with van der Waals surface area (Å²) >= 11 is 0. The largest absolute Gasteiger partial charge is 0.373 e. The molecule has 2 unspecified atom stereocenters. The predicted molar refractivity (Wildman–Crippen MR) is 49.4 cm³/mol. The third kappa shape index (κ3) is 2.42. The number of hydrogen-bond acceptors (Lipinski definition) is 4. The lowest BCUT2D eigenvalue weighted by Crippen LogP contribution is -2.24. The Labute approximate surface area is 78.6 Å². The lowest BCUT2D eigenvalue weighted by molar-refractivity contribution is 0.0139. The summed E-state index contributed by atoms with van der Waals surface area (Å²) in [5, 5.41) is 3.19. The molecule has 2 fully saturated rings. The molecule has 0 aromatic heterocycles. The Morgan fingerprint density at radius 2 is 2.08 bits per heavy atom. The van der Waals surface area contributed by atoms with Crippen LogP contribution in [0.4, 0.5) is 0 Å². The van der Waals surface area contributed by atoms with Crippen LogP contribution in [0, 0.1) is 0 Å². The maximum Gasteiger partial charge on any atom is 0.152 e. The molecule has 1 N–H and O–H groups in total. The van der Waals surface area contributed by atoms with E-state index in [9.17, 15) is 8.42 Å². The molecule has 0 aromatic rings. The van der Waals surface area contributed by atoms with Crippen molar-refractivity contribution < 1.29 is 13.2 Å². The van der Waals surface area contributed by atoms with Crippen molar-refractivity contribution in [1.82, 2.24) is 5.32 Å². The second-order valence-corrected chi connectivity index (χ2v) is 6.00. The third-order valence-electron chi connectivity index (χ3n) is 2.59. The monoisotopic (exact) mass is 205 g/mol. The van der Waals surface area contributed by atoms with E-state index in [1.54, 1.807) is 0 Å². The first-order valence-electron chi connectivity index (χ1n) is 4.72. The van der Waals surface area contributed by atoms with Crippen LogP contribution in [0.25, 0.3) is 0 Å². The zero-order valence-electron chi connectivity index (χ0n) is 7.53. The van der Waals surface area contributed by atoms with E-state index in [-0.39, 0.29) is 18.0 Å². The minimum Gasteiger partial charge on any atom is -0.373 e. The van der Waals surface area contributed by atoms with Crippen LogP contribution in [0.2, 0.25) is 0 Å². The number of nitrogens with one attached hydrogen (secondary N) is 1. The molecule has 0 aromatic carbocycles. The summed E-state index contributed by atoms with van der Waals surface area (Å²) in [6.45, 7) is 1.86. The van der Waals surface area contributed by atoms with Crippen LogP contribution in [0.3, 0.4) is 0 Å². The van der Waals surface area contributed by atoms with E-state index in [0.29, 0.717) is 12.2 Å². The molecule has 2 atom stereocenters. The molecule has 0 amide bonds. The van der Waals surface area contributed by atoms with Crippen molar-refractivity contribution in [2.75, 3.05) is 24.6 Å². The van der Waals surface area contributed by atoms with Crippen molar-refractivity contribution in [2.45, 2.75) is 25.0 Å². The summed E-state index contributed by atoms with van der Waals surface area (Å²) in [6.07, 6.45) is 1.88. The van der Waals surface area contributed by atoms with Crippen molar-refractivity contribution in [3.63, 3.8) is 0 Å². The molecule has 0 aliphatic carbocycles. The first kappa shape index (κ1) is 9.43. The fourth-order valence-corrected chi connectivity index (χ4v) is 3.49. The van der Waals surface area contributed by atoms with Gasteiger partial charge in [0.25, 0.3) is 0 Å². The zero-order valence-corrected chi connectivity index (χ0v) is 8.35. The molecule has 0 spiro atoms. The van der Waals surface area contributed by atoms with Crippen molar-refractivity contribution >= 4 is 9.84 Å². The molecule has 5 heteroatoms. The van der Waals surface area contributed by atoms with Crippen molar-refractivity contribution in [2.24, 2.45) is 0 Å². The Morgan fingerprint density at radius 1 is 1.23 bits per heavy atom. The van der Waals surface area contributed by atoms with Gasteiger partial charge in [0.15, 0.2) is 9.84 Å². The van der Waals surface area contributed by atoms with Gasteiger partial charge in [-0.3, -0.25) is 0 Å². The highest BCUT2D eigenvalue weighted by atomic mass is 32.2. The van der Waals surface area contributed by atoms with E-state index >= 15 is 0 Å². The summed E-state index contributed by atoms with van der Waals surface area (Å²) in [5.74, 6) is 0.529. The molecule has 2 heterocycles. The van der Waals surface area contributed by atoms with E-state index < -0.39 is 9.84 Å². The molecule has 4 nitrogen and oxygen atoms in total. The number of hydrogen-bond donors (Lipinski definition) is 1. The topological polar surface area (TPSA) is 55.4 Å². The first-order chi connectivity index (χ1) is 6.16. The van der Waals surface area contributed by atoms with E-state index in [1.807, 2.05) is 0 Å². The highest BCUT2D eigenvalue weighted by molar-refractivity contribution is 7.91. The van der Waals surface area contributed by atoms with Crippen molar-refractivity contribution in [3.05, 3.63) is 0 Å². The maximum atomic E-state index is 11.1. The minimum atomic E-state index is -2.78. The molecule has 76 valence electrons. The predicted octanol–water partition coefficient (Wildman–Crippen LogP) is -0.448. The lowest BCUT2D eigenvalue weighted by atomic mass is 10.3. The van der Waals surface area contributed by atoms with Gasteiger partial charge in [-0.25, -0.2) is 8.42 Å². The average Bonchev–Trinajstić information content (AvgIpc) is 2.61. The van der Waals surface area contributed by atoms with Gasteiger partial charge >= 0.3 is 0 Å². The normalized spacial score (nSPS) is 38.2. The van der Waals surface area contributed by atoms with Gasteiger partial charge in [-0.05, 0) is 19.4 Å². The highest BCUT2D eigenvalue weighted by Crippen LogP contribution is 2.18. The van der Waals surface area contributed by atoms with Gasteiger partial charge < -0.3 is 10.1 Å². The average molecular weight is 205 g/mol. The highest BCUT2D eigenvalue weighted by Gasteiger charge is 2.31. The first-order valence-corrected chi connectivity index (χ1v) is 6.54. The Morgan fingerprint density at radius 3 is 2.62 bits per heavy atom. The Balaban J connectivity index is 1.83. The Bertz CT molecular complexity index is 269. The minimum absolute atomic E-state index is 0.0464. The van der Waals surface area contributed by atoms with Crippen LogP contribution in [0.1, 0.15) is 12.8 Å². The van der Waals surface area contributed by atoms with Gasteiger partial charge in [0.2, 0.25) is 0 Å². The quantitative estimate of drug-likeness (QED) is 0.663. The third-order valence-corrected chi connectivity index (χ3v) is 4.33. The van der Waals surface area contributed by atoms with Crippen molar-refractivity contribution in [3.8, 4) is 0 Å². The van der Waals surface area contributed by atoms with Crippen molar-refractivity contribution in [1.29, 1.82) is 0 Å². The van der Waals surface area contributed by atoms with Gasteiger partial charge in [-0.1, -0.05) is 0 Å². The van der Waals surface area contributed by atoms with E-state index in [1.165, 1.54) is 0 Å². The van der Waals surface area contributed by atoms with Gasteiger partial charge in [0.05, 0.1) is 23.7 Å². The molecule has 2 aliphatic rings. The Kier molecular flexibility index (Phi) is 2.58. The van der Waals surface area contributed by atoms with Crippen LogP contribution in [0.5, 0.6) is 0 Å². The molecule has 2 rings (SSSR count). The van der Waals surface area contributed by atoms with Crippen LogP contribution in [0.15, 0.2) is 0 Å². The number of sulfone groups is 1. The molecule has 0 radical (unpaired) electrons. The molecule has 2 aliphatic heterocycles. The molecule has 0 saturated carbocycles. The van der Waals surface area contributed by atoms with E-state index in [2.05, 4.69) is 5.32 Å². The van der Waals surface area contributed by atoms with Crippen LogP contribution < -0.4 is 5.32 Å².